The number of rotatable bonds is 8. The lowest BCUT2D eigenvalue weighted by Gasteiger charge is -2.37. The van der Waals surface area contributed by atoms with Gasteiger partial charge in [0.15, 0.2) is 0 Å². The van der Waals surface area contributed by atoms with Gasteiger partial charge in [-0.15, -0.1) is 0 Å². The first-order valence-corrected chi connectivity index (χ1v) is 12.0. The number of likely N-dealkylation sites (tertiary alicyclic amines) is 1. The second-order valence-corrected chi connectivity index (χ2v) is 9.93. The molecule has 1 amide bonds. The van der Waals surface area contributed by atoms with Crippen molar-refractivity contribution in [2.45, 2.75) is 43.9 Å². The molecule has 28 heavy (non-hydrogen) atoms. The van der Waals surface area contributed by atoms with E-state index in [2.05, 4.69) is 17.1 Å². The van der Waals surface area contributed by atoms with E-state index in [1.807, 2.05) is 6.07 Å². The van der Waals surface area contributed by atoms with Gasteiger partial charge in [-0.2, -0.15) is 4.31 Å². The summed E-state index contributed by atoms with van der Waals surface area (Å²) in [7, 11) is -3.45. The molecule has 6 nitrogen and oxygen atoms in total. The lowest BCUT2D eigenvalue weighted by molar-refractivity contribution is -0.122. The fourth-order valence-corrected chi connectivity index (χ4v) is 5.94. The van der Waals surface area contributed by atoms with Crippen LogP contribution in [0.2, 0.25) is 0 Å². The Morgan fingerprint density at radius 3 is 2.50 bits per heavy atom. The highest BCUT2D eigenvalue weighted by molar-refractivity contribution is 7.89. The van der Waals surface area contributed by atoms with Crippen LogP contribution >= 0.6 is 0 Å². The number of hydrogen-bond acceptors (Lipinski definition) is 4. The van der Waals surface area contributed by atoms with Crippen molar-refractivity contribution in [1.29, 1.82) is 0 Å². The van der Waals surface area contributed by atoms with Crippen LogP contribution in [0.3, 0.4) is 0 Å². The Balaban J connectivity index is 1.50. The summed E-state index contributed by atoms with van der Waals surface area (Å²) < 4.78 is 27.4. The molecule has 0 bridgehead atoms. The number of piperidine rings is 1. The molecule has 0 unspecified atom stereocenters. The molecule has 2 fully saturated rings. The number of hydrogen-bond donors (Lipinski definition) is 1. The van der Waals surface area contributed by atoms with Crippen LogP contribution in [0, 0.1) is 11.8 Å². The third-order valence-electron chi connectivity index (χ3n) is 6.16. The van der Waals surface area contributed by atoms with Crippen molar-refractivity contribution in [2.75, 3.05) is 39.3 Å². The number of carbonyl (C=O) groups is 1. The summed E-state index contributed by atoms with van der Waals surface area (Å²) in [6.45, 7) is 6.98. The molecular weight excluding hydrogens is 374 g/mol. The Morgan fingerprint density at radius 2 is 1.82 bits per heavy atom. The molecule has 0 spiro atoms. The summed E-state index contributed by atoms with van der Waals surface area (Å²) in [4.78, 5) is 15.1. The Labute approximate surface area is 169 Å². The van der Waals surface area contributed by atoms with Crippen LogP contribution in [-0.4, -0.2) is 62.8 Å². The predicted molar refractivity (Wildman–Crippen MR) is 110 cm³/mol. The topological polar surface area (TPSA) is 69.7 Å². The Hall–Kier alpha value is -1.44. The first kappa shape index (κ1) is 21.3. The Morgan fingerprint density at radius 1 is 1.11 bits per heavy atom. The molecule has 0 saturated carbocycles. The molecular formula is C21H33N3O3S. The van der Waals surface area contributed by atoms with E-state index in [4.69, 9.17) is 0 Å². The van der Waals surface area contributed by atoms with Gasteiger partial charge >= 0.3 is 0 Å². The van der Waals surface area contributed by atoms with Gasteiger partial charge in [0.1, 0.15) is 0 Å². The maximum atomic E-state index is 12.9. The minimum atomic E-state index is -3.45. The molecule has 0 aromatic heterocycles. The Kier molecular flexibility index (Phi) is 7.48. The number of sulfonamides is 1. The highest BCUT2D eigenvalue weighted by atomic mass is 32.2. The Bertz CT molecular complexity index is 733. The second kappa shape index (κ2) is 9.85. The maximum absolute atomic E-state index is 12.9. The summed E-state index contributed by atoms with van der Waals surface area (Å²) >= 11 is 0. The van der Waals surface area contributed by atoms with Gasteiger partial charge in [0, 0.05) is 32.6 Å². The van der Waals surface area contributed by atoms with E-state index in [0.29, 0.717) is 31.0 Å². The van der Waals surface area contributed by atoms with Gasteiger partial charge in [0.25, 0.3) is 0 Å². The number of nitrogens with zero attached hydrogens (tertiary/aromatic N) is 2. The zero-order chi connectivity index (χ0) is 20.0. The van der Waals surface area contributed by atoms with Gasteiger partial charge in [0.2, 0.25) is 15.9 Å². The molecule has 0 aliphatic carbocycles. The molecule has 3 rings (SSSR count). The van der Waals surface area contributed by atoms with Gasteiger partial charge in [-0.05, 0) is 56.3 Å². The highest BCUT2D eigenvalue weighted by Crippen LogP contribution is 2.31. The third kappa shape index (κ3) is 5.33. The minimum Gasteiger partial charge on any atom is -0.355 e. The van der Waals surface area contributed by atoms with Crippen molar-refractivity contribution in [2.24, 2.45) is 11.8 Å². The second-order valence-electron chi connectivity index (χ2n) is 8.00. The van der Waals surface area contributed by atoms with Gasteiger partial charge in [-0.1, -0.05) is 31.5 Å². The van der Waals surface area contributed by atoms with Gasteiger partial charge in [-0.25, -0.2) is 8.42 Å². The van der Waals surface area contributed by atoms with Crippen molar-refractivity contribution >= 4 is 15.9 Å². The molecule has 1 aromatic carbocycles. The smallest absolute Gasteiger partial charge is 0.243 e. The van der Waals surface area contributed by atoms with Crippen LogP contribution in [-0.2, 0) is 14.8 Å². The van der Waals surface area contributed by atoms with E-state index in [1.54, 1.807) is 28.6 Å². The van der Waals surface area contributed by atoms with E-state index in [-0.39, 0.29) is 17.7 Å². The number of benzene rings is 1. The van der Waals surface area contributed by atoms with Crippen molar-refractivity contribution in [3.8, 4) is 0 Å². The number of nitrogens with one attached hydrogen (secondary N) is 1. The molecule has 2 saturated heterocycles. The average molecular weight is 408 g/mol. The monoisotopic (exact) mass is 407 g/mol. The maximum Gasteiger partial charge on any atom is 0.243 e. The predicted octanol–water partition coefficient (Wildman–Crippen LogP) is 2.33. The zero-order valence-electron chi connectivity index (χ0n) is 16.8. The van der Waals surface area contributed by atoms with Gasteiger partial charge in [0.05, 0.1) is 4.90 Å². The quantitative estimate of drug-likeness (QED) is 0.718. The lowest BCUT2D eigenvalue weighted by atomic mass is 9.82. The largest absolute Gasteiger partial charge is 0.355 e. The van der Waals surface area contributed by atoms with E-state index in [9.17, 15) is 13.2 Å². The van der Waals surface area contributed by atoms with Gasteiger partial charge in [-0.3, -0.25) is 4.79 Å². The van der Waals surface area contributed by atoms with Crippen molar-refractivity contribution in [3.05, 3.63) is 30.3 Å². The standard InChI is InChI=1S/C21H33N3O3S/c1-2-18-17-24(28(26,27)20-8-4-3-5-9-20)14-10-19(18)16-21(25)22-11-15-23-12-6-7-13-23/h3-5,8-9,18-19H,2,6-7,10-17H2,1H3,(H,22,25)/t18-,19+/m1/s1. The van der Waals surface area contributed by atoms with E-state index in [1.165, 1.54) is 12.8 Å². The summed E-state index contributed by atoms with van der Waals surface area (Å²) in [6.07, 6.45) is 4.64. The average Bonchev–Trinajstić information content (AvgIpc) is 3.22. The molecule has 2 aliphatic rings. The summed E-state index contributed by atoms with van der Waals surface area (Å²) in [5, 5.41) is 3.06. The van der Waals surface area contributed by atoms with Gasteiger partial charge < -0.3 is 10.2 Å². The molecule has 2 heterocycles. The zero-order valence-corrected chi connectivity index (χ0v) is 17.7. The van der Waals surface area contributed by atoms with E-state index < -0.39 is 10.0 Å². The van der Waals surface area contributed by atoms with E-state index >= 15 is 0 Å². The first-order valence-electron chi connectivity index (χ1n) is 10.5. The molecule has 2 atom stereocenters. The van der Waals surface area contributed by atoms with Crippen LogP contribution < -0.4 is 5.32 Å². The lowest BCUT2D eigenvalue weighted by Crippen LogP contribution is -2.45. The number of amides is 1. The fourth-order valence-electron chi connectivity index (χ4n) is 4.41. The molecule has 1 N–H and O–H groups in total. The van der Waals surface area contributed by atoms with Crippen molar-refractivity contribution < 1.29 is 13.2 Å². The molecule has 7 heteroatoms. The molecule has 1 aromatic rings. The fraction of sp³-hybridized carbons (Fsp3) is 0.667. The van der Waals surface area contributed by atoms with Crippen LogP contribution in [0.1, 0.15) is 39.0 Å². The van der Waals surface area contributed by atoms with E-state index in [0.717, 1.165) is 32.5 Å². The molecule has 2 aliphatic heterocycles. The summed E-state index contributed by atoms with van der Waals surface area (Å²) in [6, 6.07) is 8.63. The normalized spacial score (nSPS) is 24.3. The van der Waals surface area contributed by atoms with Crippen LogP contribution in [0.15, 0.2) is 35.2 Å². The highest BCUT2D eigenvalue weighted by Gasteiger charge is 2.35. The van der Waals surface area contributed by atoms with Crippen LogP contribution in [0.5, 0.6) is 0 Å². The molecule has 0 radical (unpaired) electrons. The SMILES string of the molecule is CC[C@@H]1CN(S(=O)(=O)c2ccccc2)CC[C@H]1CC(=O)NCCN1CCCC1. The first-order chi connectivity index (χ1) is 13.5. The van der Waals surface area contributed by atoms with Crippen molar-refractivity contribution in [3.63, 3.8) is 0 Å². The molecule has 156 valence electrons. The number of carbonyl (C=O) groups excluding carboxylic acids is 1. The van der Waals surface area contributed by atoms with Crippen molar-refractivity contribution in [1.82, 2.24) is 14.5 Å². The van der Waals surface area contributed by atoms with Crippen LogP contribution in [0.4, 0.5) is 0 Å². The summed E-state index contributed by atoms with van der Waals surface area (Å²) in [5.74, 6) is 0.567. The third-order valence-corrected chi connectivity index (χ3v) is 8.04. The minimum absolute atomic E-state index is 0.0991. The summed E-state index contributed by atoms with van der Waals surface area (Å²) in [5.41, 5.74) is 0. The van der Waals surface area contributed by atoms with Crippen LogP contribution in [0.25, 0.3) is 0 Å².